The molecule has 0 radical (unpaired) electrons. The maximum Gasteiger partial charge on any atom is 0.359 e. The smallest absolute Gasteiger partial charge is 0.359 e. The van der Waals surface area contributed by atoms with E-state index in [-0.39, 0.29) is 24.9 Å². The van der Waals surface area contributed by atoms with Crippen LogP contribution in [-0.2, 0) is 17.7 Å². The van der Waals surface area contributed by atoms with E-state index in [2.05, 4.69) is 10.4 Å². The van der Waals surface area contributed by atoms with Gasteiger partial charge in [-0.15, -0.1) is 0 Å². The fraction of sp³-hybridized carbons (Fsp3) is 0.227. The number of esters is 1. The summed E-state index contributed by atoms with van der Waals surface area (Å²) in [6.07, 6.45) is 0.540. The second-order valence-corrected chi connectivity index (χ2v) is 7.86. The molecule has 0 fully saturated rings. The van der Waals surface area contributed by atoms with Crippen molar-refractivity contribution in [3.05, 3.63) is 75.5 Å². The molecule has 0 aliphatic carbocycles. The van der Waals surface area contributed by atoms with Gasteiger partial charge in [-0.2, -0.15) is 5.10 Å². The van der Waals surface area contributed by atoms with E-state index in [9.17, 15) is 9.59 Å². The Morgan fingerprint density at radius 2 is 1.71 bits per heavy atom. The van der Waals surface area contributed by atoms with E-state index >= 15 is 0 Å². The van der Waals surface area contributed by atoms with Gasteiger partial charge in [-0.3, -0.25) is 0 Å². The number of halogens is 2. The first-order valence-corrected chi connectivity index (χ1v) is 10.6. The Labute approximate surface area is 189 Å². The number of nitrogens with one attached hydrogen (secondary N) is 1. The zero-order valence-electron chi connectivity index (χ0n) is 16.8. The summed E-state index contributed by atoms with van der Waals surface area (Å²) in [4.78, 5) is 27.0. The molecule has 2 amide bonds. The van der Waals surface area contributed by atoms with Crippen LogP contribution in [-0.4, -0.2) is 39.8 Å². The quantitative estimate of drug-likeness (QED) is 0.561. The molecular weight excluding hydrogens is 439 g/mol. The summed E-state index contributed by atoms with van der Waals surface area (Å²) in [5, 5.41) is 8.59. The lowest BCUT2D eigenvalue weighted by Gasteiger charge is -2.28. The van der Waals surface area contributed by atoms with Crippen LogP contribution in [0, 0.1) is 0 Å². The maximum absolute atomic E-state index is 12.8. The largest absolute Gasteiger partial charge is 0.461 e. The molecule has 160 valence electrons. The fourth-order valence-electron chi connectivity index (χ4n) is 3.49. The molecular formula is C22H20Cl2N4O3. The number of benzene rings is 2. The van der Waals surface area contributed by atoms with Crippen LogP contribution in [0.4, 0.5) is 10.5 Å². The third kappa shape index (κ3) is 4.52. The Morgan fingerprint density at radius 1 is 1.06 bits per heavy atom. The molecule has 0 saturated carbocycles. The molecule has 1 aliphatic rings. The lowest BCUT2D eigenvalue weighted by Crippen LogP contribution is -2.39. The van der Waals surface area contributed by atoms with Crippen LogP contribution >= 0.6 is 23.2 Å². The molecule has 9 heteroatoms. The molecule has 4 rings (SSSR count). The van der Waals surface area contributed by atoms with Crippen LogP contribution in [0.3, 0.4) is 0 Å². The maximum atomic E-state index is 12.8. The standard InChI is InChI=1S/C22H20Cl2N4O3/c1-2-31-21(29)20-18-13-27(22(30)25-16-7-3-14(23)4-8-16)12-11-19(18)28(26-20)17-9-5-15(24)6-10-17/h3-10H,2,11-13H2,1H3,(H,25,30). The van der Waals surface area contributed by atoms with Crippen LogP contribution in [0.15, 0.2) is 48.5 Å². The summed E-state index contributed by atoms with van der Waals surface area (Å²) in [5.41, 5.74) is 3.21. The topological polar surface area (TPSA) is 76.5 Å². The highest BCUT2D eigenvalue weighted by Gasteiger charge is 2.31. The van der Waals surface area contributed by atoms with Crippen molar-refractivity contribution in [2.45, 2.75) is 19.9 Å². The van der Waals surface area contributed by atoms with Crippen molar-refractivity contribution < 1.29 is 14.3 Å². The minimum atomic E-state index is -0.508. The average molecular weight is 459 g/mol. The SMILES string of the molecule is CCOC(=O)c1nn(-c2ccc(Cl)cc2)c2c1CN(C(=O)Nc1ccc(Cl)cc1)CC2. The molecule has 2 heterocycles. The number of ether oxygens (including phenoxy) is 1. The van der Waals surface area contributed by atoms with Crippen molar-refractivity contribution in [2.24, 2.45) is 0 Å². The Balaban J connectivity index is 1.63. The highest BCUT2D eigenvalue weighted by molar-refractivity contribution is 6.30. The number of anilines is 1. The first kappa shape index (κ1) is 21.2. The molecule has 0 bridgehead atoms. The number of amides is 2. The van der Waals surface area contributed by atoms with Gasteiger partial charge in [0.2, 0.25) is 0 Å². The summed E-state index contributed by atoms with van der Waals surface area (Å²) < 4.78 is 6.93. The third-order valence-corrected chi connectivity index (χ3v) is 5.48. The average Bonchev–Trinajstić information content (AvgIpc) is 3.15. The second-order valence-electron chi connectivity index (χ2n) is 6.99. The zero-order valence-corrected chi connectivity index (χ0v) is 18.3. The van der Waals surface area contributed by atoms with Gasteiger partial charge in [0, 0.05) is 34.3 Å². The van der Waals surface area contributed by atoms with Gasteiger partial charge < -0.3 is 15.0 Å². The fourth-order valence-corrected chi connectivity index (χ4v) is 3.74. The molecule has 31 heavy (non-hydrogen) atoms. The minimum Gasteiger partial charge on any atom is -0.461 e. The Hall–Kier alpha value is -3.03. The third-order valence-electron chi connectivity index (χ3n) is 4.98. The van der Waals surface area contributed by atoms with E-state index in [1.165, 1.54) is 0 Å². The molecule has 1 aromatic heterocycles. The Kier molecular flexibility index (Phi) is 6.15. The van der Waals surface area contributed by atoms with Crippen molar-refractivity contribution >= 4 is 40.9 Å². The predicted molar refractivity (Wildman–Crippen MR) is 119 cm³/mol. The summed E-state index contributed by atoms with van der Waals surface area (Å²) in [5.74, 6) is -0.508. The summed E-state index contributed by atoms with van der Waals surface area (Å²) >= 11 is 11.9. The molecule has 0 spiro atoms. The van der Waals surface area contributed by atoms with E-state index in [0.29, 0.717) is 34.3 Å². The van der Waals surface area contributed by atoms with Crippen molar-refractivity contribution in [2.75, 3.05) is 18.5 Å². The van der Waals surface area contributed by atoms with Crippen molar-refractivity contribution in [3.63, 3.8) is 0 Å². The molecule has 7 nitrogen and oxygen atoms in total. The van der Waals surface area contributed by atoms with Gasteiger partial charge >= 0.3 is 12.0 Å². The normalized spacial score (nSPS) is 12.9. The van der Waals surface area contributed by atoms with Gasteiger partial charge in [0.1, 0.15) is 0 Å². The lowest BCUT2D eigenvalue weighted by atomic mass is 10.0. The van der Waals surface area contributed by atoms with Gasteiger partial charge in [0.25, 0.3) is 0 Å². The molecule has 2 aromatic carbocycles. The van der Waals surface area contributed by atoms with E-state index < -0.39 is 5.97 Å². The van der Waals surface area contributed by atoms with Crippen LogP contribution in [0.1, 0.15) is 28.7 Å². The van der Waals surface area contributed by atoms with E-state index in [0.717, 1.165) is 11.4 Å². The second kappa shape index (κ2) is 8.99. The molecule has 0 atom stereocenters. The number of fused-ring (bicyclic) bond motifs is 1. The first-order valence-electron chi connectivity index (χ1n) is 9.81. The van der Waals surface area contributed by atoms with Crippen LogP contribution in [0.25, 0.3) is 5.69 Å². The van der Waals surface area contributed by atoms with Gasteiger partial charge in [0.05, 0.1) is 24.5 Å². The van der Waals surface area contributed by atoms with E-state index in [1.54, 1.807) is 52.9 Å². The van der Waals surface area contributed by atoms with Gasteiger partial charge in [-0.1, -0.05) is 23.2 Å². The molecule has 1 N–H and O–H groups in total. The highest BCUT2D eigenvalue weighted by atomic mass is 35.5. The number of carbonyl (C=O) groups excluding carboxylic acids is 2. The van der Waals surface area contributed by atoms with Gasteiger partial charge in [0.15, 0.2) is 5.69 Å². The molecule has 1 aliphatic heterocycles. The van der Waals surface area contributed by atoms with Gasteiger partial charge in [-0.05, 0) is 55.5 Å². The van der Waals surface area contributed by atoms with E-state index in [4.69, 9.17) is 27.9 Å². The minimum absolute atomic E-state index is 0.218. The Bertz CT molecular complexity index is 1110. The molecule has 0 saturated heterocycles. The number of rotatable bonds is 4. The number of nitrogens with zero attached hydrogens (tertiary/aromatic N) is 3. The van der Waals surface area contributed by atoms with Crippen LogP contribution in [0.2, 0.25) is 10.0 Å². The molecule has 0 unspecified atom stereocenters. The van der Waals surface area contributed by atoms with Gasteiger partial charge in [-0.25, -0.2) is 14.3 Å². The number of urea groups is 1. The van der Waals surface area contributed by atoms with Crippen molar-refractivity contribution in [1.29, 1.82) is 0 Å². The summed E-state index contributed by atoms with van der Waals surface area (Å²) in [6, 6.07) is 13.8. The monoisotopic (exact) mass is 458 g/mol. The number of hydrogen-bond acceptors (Lipinski definition) is 4. The number of aromatic nitrogens is 2. The Morgan fingerprint density at radius 3 is 2.35 bits per heavy atom. The van der Waals surface area contributed by atoms with E-state index in [1.807, 2.05) is 12.1 Å². The zero-order chi connectivity index (χ0) is 22.0. The van der Waals surface area contributed by atoms with Crippen LogP contribution in [0.5, 0.6) is 0 Å². The lowest BCUT2D eigenvalue weighted by molar-refractivity contribution is 0.0516. The van der Waals surface area contributed by atoms with Crippen molar-refractivity contribution in [1.82, 2.24) is 14.7 Å². The summed E-state index contributed by atoms with van der Waals surface area (Å²) in [7, 11) is 0. The van der Waals surface area contributed by atoms with Crippen LogP contribution < -0.4 is 5.32 Å². The number of hydrogen-bond donors (Lipinski definition) is 1. The van der Waals surface area contributed by atoms with Crippen molar-refractivity contribution in [3.8, 4) is 5.69 Å². The molecule has 3 aromatic rings. The highest BCUT2D eigenvalue weighted by Crippen LogP contribution is 2.27. The summed E-state index contributed by atoms with van der Waals surface area (Å²) in [6.45, 7) is 2.71. The first-order chi connectivity index (χ1) is 15.0. The number of carbonyl (C=O) groups is 2. The predicted octanol–water partition coefficient (Wildman–Crippen LogP) is 4.95.